The van der Waals surface area contributed by atoms with Crippen LogP contribution in [-0.4, -0.2) is 16.1 Å². The van der Waals surface area contributed by atoms with E-state index in [0.717, 1.165) is 32.0 Å². The quantitative estimate of drug-likeness (QED) is 0.795. The summed E-state index contributed by atoms with van der Waals surface area (Å²) in [5.41, 5.74) is 2.75. The van der Waals surface area contributed by atoms with Gasteiger partial charge in [-0.25, -0.2) is 4.98 Å². The lowest BCUT2D eigenvalue weighted by atomic mass is 10.1. The third-order valence-electron chi connectivity index (χ3n) is 3.59. The monoisotopic (exact) mass is 235 g/mol. The molecule has 1 aliphatic heterocycles. The van der Waals surface area contributed by atoms with Crippen LogP contribution in [0.25, 0.3) is 0 Å². The molecule has 1 N–H and O–H groups in total. The number of nitrogens with one attached hydrogen (secondary N) is 1. The number of unbranched alkanes of at least 4 members (excludes halogenated alkanes) is 1. The van der Waals surface area contributed by atoms with Crippen LogP contribution in [0.15, 0.2) is 0 Å². The highest BCUT2D eigenvalue weighted by Crippen LogP contribution is 2.17. The minimum atomic E-state index is 0.831. The fraction of sp³-hybridized carbons (Fsp3) is 0.786. The molecule has 0 bridgehead atoms. The van der Waals surface area contributed by atoms with Crippen molar-refractivity contribution in [2.45, 2.75) is 59.5 Å². The Labute approximate surface area is 105 Å². The molecule has 3 heteroatoms. The molecule has 0 saturated heterocycles. The van der Waals surface area contributed by atoms with Crippen LogP contribution in [0.4, 0.5) is 0 Å². The van der Waals surface area contributed by atoms with Crippen LogP contribution < -0.4 is 5.32 Å². The van der Waals surface area contributed by atoms with Gasteiger partial charge in [-0.05, 0) is 19.3 Å². The third kappa shape index (κ3) is 3.09. The molecule has 0 aromatic carbocycles. The lowest BCUT2D eigenvalue weighted by Crippen LogP contribution is -2.25. The zero-order valence-electron chi connectivity index (χ0n) is 11.4. The van der Waals surface area contributed by atoms with Gasteiger partial charge in [0.25, 0.3) is 0 Å². The summed E-state index contributed by atoms with van der Waals surface area (Å²) in [6.07, 6.45) is 5.11. The topological polar surface area (TPSA) is 29.9 Å². The number of imidazole rings is 1. The zero-order chi connectivity index (χ0) is 12.3. The van der Waals surface area contributed by atoms with E-state index in [4.69, 9.17) is 0 Å². The lowest BCUT2D eigenvalue weighted by Gasteiger charge is -2.16. The normalized spacial score (nSPS) is 15.3. The Hall–Kier alpha value is -0.830. The van der Waals surface area contributed by atoms with Crippen LogP contribution in [0.1, 0.15) is 50.3 Å². The van der Waals surface area contributed by atoms with Crippen molar-refractivity contribution in [3.63, 3.8) is 0 Å². The van der Waals surface area contributed by atoms with E-state index in [1.54, 1.807) is 0 Å². The SMILES string of the molecule is Cc1nc2c(n1CCCCC(C)C)CCNC2. The Morgan fingerprint density at radius 1 is 1.35 bits per heavy atom. The second kappa shape index (κ2) is 5.67. The van der Waals surface area contributed by atoms with E-state index in [9.17, 15) is 0 Å². The van der Waals surface area contributed by atoms with Gasteiger partial charge in [-0.15, -0.1) is 0 Å². The Morgan fingerprint density at radius 3 is 2.94 bits per heavy atom. The van der Waals surface area contributed by atoms with Crippen molar-refractivity contribution >= 4 is 0 Å². The molecule has 0 spiro atoms. The van der Waals surface area contributed by atoms with Gasteiger partial charge in [0, 0.05) is 31.7 Å². The van der Waals surface area contributed by atoms with Crippen LogP contribution in [0.3, 0.4) is 0 Å². The summed E-state index contributed by atoms with van der Waals surface area (Å²) in [7, 11) is 0. The van der Waals surface area contributed by atoms with E-state index in [2.05, 4.69) is 35.6 Å². The second-order valence-corrected chi connectivity index (χ2v) is 5.52. The van der Waals surface area contributed by atoms with E-state index in [1.807, 2.05) is 0 Å². The minimum absolute atomic E-state index is 0.831. The first-order chi connectivity index (χ1) is 8.18. The Balaban J connectivity index is 1.93. The molecule has 1 aromatic rings. The summed E-state index contributed by atoms with van der Waals surface area (Å²) in [6.45, 7) is 9.95. The second-order valence-electron chi connectivity index (χ2n) is 5.52. The van der Waals surface area contributed by atoms with Crippen LogP contribution in [0.2, 0.25) is 0 Å². The molecular formula is C14H25N3. The average Bonchev–Trinajstić information content (AvgIpc) is 2.60. The first kappa shape index (κ1) is 12.6. The Kier molecular flexibility index (Phi) is 4.21. The standard InChI is InChI=1S/C14H25N3/c1-11(2)6-4-5-9-17-12(3)16-13-10-15-8-7-14(13)17/h11,15H,4-10H2,1-3H3. The maximum Gasteiger partial charge on any atom is 0.106 e. The van der Waals surface area contributed by atoms with Crippen molar-refractivity contribution in [2.24, 2.45) is 5.92 Å². The van der Waals surface area contributed by atoms with E-state index in [0.29, 0.717) is 0 Å². The molecule has 0 fully saturated rings. The van der Waals surface area contributed by atoms with Gasteiger partial charge in [0.05, 0.1) is 5.69 Å². The largest absolute Gasteiger partial charge is 0.332 e. The van der Waals surface area contributed by atoms with Crippen LogP contribution >= 0.6 is 0 Å². The first-order valence-corrected chi connectivity index (χ1v) is 6.94. The molecule has 17 heavy (non-hydrogen) atoms. The predicted molar refractivity (Wildman–Crippen MR) is 71.1 cm³/mol. The van der Waals surface area contributed by atoms with Crippen molar-refractivity contribution in [1.82, 2.24) is 14.9 Å². The fourth-order valence-corrected chi connectivity index (χ4v) is 2.62. The number of rotatable bonds is 5. The van der Waals surface area contributed by atoms with Gasteiger partial charge >= 0.3 is 0 Å². The molecule has 0 saturated carbocycles. The van der Waals surface area contributed by atoms with Crippen molar-refractivity contribution in [2.75, 3.05) is 6.54 Å². The van der Waals surface area contributed by atoms with Crippen molar-refractivity contribution in [1.29, 1.82) is 0 Å². The molecule has 0 aliphatic carbocycles. The molecule has 0 radical (unpaired) electrons. The molecule has 96 valence electrons. The first-order valence-electron chi connectivity index (χ1n) is 6.94. The molecule has 1 aliphatic rings. The molecule has 0 atom stereocenters. The highest BCUT2D eigenvalue weighted by atomic mass is 15.1. The van der Waals surface area contributed by atoms with Gasteiger partial charge in [-0.2, -0.15) is 0 Å². The van der Waals surface area contributed by atoms with E-state index in [-0.39, 0.29) is 0 Å². The zero-order valence-corrected chi connectivity index (χ0v) is 11.4. The molecule has 3 nitrogen and oxygen atoms in total. The van der Waals surface area contributed by atoms with Gasteiger partial charge in [0.2, 0.25) is 0 Å². The minimum Gasteiger partial charge on any atom is -0.332 e. The van der Waals surface area contributed by atoms with E-state index >= 15 is 0 Å². The highest BCUT2D eigenvalue weighted by molar-refractivity contribution is 5.19. The summed E-state index contributed by atoms with van der Waals surface area (Å²) < 4.78 is 2.44. The molecule has 2 heterocycles. The lowest BCUT2D eigenvalue weighted by molar-refractivity contribution is 0.495. The number of hydrogen-bond acceptors (Lipinski definition) is 2. The van der Waals surface area contributed by atoms with E-state index < -0.39 is 0 Å². The third-order valence-corrected chi connectivity index (χ3v) is 3.59. The number of fused-ring (bicyclic) bond motifs is 1. The van der Waals surface area contributed by atoms with Gasteiger partial charge in [0.1, 0.15) is 5.82 Å². The Bertz CT molecular complexity index is 366. The number of aromatic nitrogens is 2. The molecular weight excluding hydrogens is 210 g/mol. The van der Waals surface area contributed by atoms with Crippen LogP contribution in [0.5, 0.6) is 0 Å². The number of aryl methyl sites for hydroxylation is 1. The highest BCUT2D eigenvalue weighted by Gasteiger charge is 2.16. The molecule has 1 aromatic heterocycles. The van der Waals surface area contributed by atoms with Gasteiger partial charge in [-0.3, -0.25) is 0 Å². The summed E-state index contributed by atoms with van der Waals surface area (Å²) in [6, 6.07) is 0. The Morgan fingerprint density at radius 2 is 2.18 bits per heavy atom. The van der Waals surface area contributed by atoms with Crippen molar-refractivity contribution < 1.29 is 0 Å². The smallest absolute Gasteiger partial charge is 0.106 e. The number of hydrogen-bond donors (Lipinski definition) is 1. The van der Waals surface area contributed by atoms with Crippen LogP contribution in [-0.2, 0) is 19.5 Å². The summed E-state index contributed by atoms with van der Waals surface area (Å²) in [5, 5.41) is 3.39. The average molecular weight is 235 g/mol. The van der Waals surface area contributed by atoms with E-state index in [1.165, 1.54) is 36.5 Å². The maximum atomic E-state index is 4.67. The molecule has 0 unspecified atom stereocenters. The van der Waals surface area contributed by atoms with Crippen LogP contribution in [0, 0.1) is 12.8 Å². The van der Waals surface area contributed by atoms with Crippen molar-refractivity contribution in [3.05, 3.63) is 17.2 Å². The van der Waals surface area contributed by atoms with Gasteiger partial charge in [-0.1, -0.05) is 26.7 Å². The molecule has 2 rings (SSSR count). The van der Waals surface area contributed by atoms with Gasteiger partial charge < -0.3 is 9.88 Å². The maximum absolute atomic E-state index is 4.67. The summed E-state index contributed by atoms with van der Waals surface area (Å²) in [5.74, 6) is 2.03. The molecule has 0 amide bonds. The summed E-state index contributed by atoms with van der Waals surface area (Å²) >= 11 is 0. The summed E-state index contributed by atoms with van der Waals surface area (Å²) in [4.78, 5) is 4.67. The predicted octanol–water partition coefficient (Wildman–Crippen LogP) is 2.66. The fourth-order valence-electron chi connectivity index (χ4n) is 2.62. The van der Waals surface area contributed by atoms with Crippen molar-refractivity contribution in [3.8, 4) is 0 Å². The van der Waals surface area contributed by atoms with Gasteiger partial charge in [0.15, 0.2) is 0 Å². The number of nitrogens with zero attached hydrogens (tertiary/aromatic N) is 2.